The number of amides is 1. The monoisotopic (exact) mass is 339 g/mol. The number of carbonyl (C=O) groups excluding carboxylic acids is 1. The van der Waals surface area contributed by atoms with Gasteiger partial charge in [0.15, 0.2) is 0 Å². The second kappa shape index (κ2) is 7.42. The van der Waals surface area contributed by atoms with Crippen LogP contribution < -0.4 is 10.6 Å². The minimum atomic E-state index is -3.58. The molecule has 1 fully saturated rings. The molecule has 7 heteroatoms. The van der Waals surface area contributed by atoms with Crippen LogP contribution in [0.2, 0.25) is 0 Å². The van der Waals surface area contributed by atoms with Gasteiger partial charge in [-0.1, -0.05) is 6.07 Å². The highest BCUT2D eigenvalue weighted by Gasteiger charge is 2.24. The quantitative estimate of drug-likeness (QED) is 0.816. The van der Waals surface area contributed by atoms with Crippen LogP contribution in [0, 0.1) is 0 Å². The van der Waals surface area contributed by atoms with Crippen molar-refractivity contribution in [2.24, 2.45) is 0 Å². The van der Waals surface area contributed by atoms with Crippen LogP contribution in [-0.2, 0) is 10.0 Å². The SMILES string of the molecule is CC(C)N(C)S(=O)(=O)c1cccc(C(=O)NCC2CCCN2)c1. The number of hydrogen-bond donors (Lipinski definition) is 2. The number of nitrogens with one attached hydrogen (secondary N) is 2. The summed E-state index contributed by atoms with van der Waals surface area (Å²) in [6.07, 6.45) is 2.17. The van der Waals surface area contributed by atoms with E-state index in [-0.39, 0.29) is 16.8 Å². The molecule has 0 saturated carbocycles. The number of nitrogens with zero attached hydrogens (tertiary/aromatic N) is 1. The number of carbonyl (C=O) groups is 1. The van der Waals surface area contributed by atoms with Gasteiger partial charge in [-0.25, -0.2) is 8.42 Å². The van der Waals surface area contributed by atoms with Gasteiger partial charge in [0.1, 0.15) is 0 Å². The van der Waals surface area contributed by atoms with Crippen molar-refractivity contribution >= 4 is 15.9 Å². The lowest BCUT2D eigenvalue weighted by atomic mass is 10.2. The Morgan fingerprint density at radius 3 is 2.78 bits per heavy atom. The molecule has 0 spiro atoms. The van der Waals surface area contributed by atoms with E-state index in [1.807, 2.05) is 13.8 Å². The highest BCUT2D eigenvalue weighted by molar-refractivity contribution is 7.89. The Hall–Kier alpha value is -1.44. The molecule has 2 rings (SSSR count). The van der Waals surface area contributed by atoms with Crippen LogP contribution in [0.5, 0.6) is 0 Å². The molecule has 1 heterocycles. The number of rotatable bonds is 6. The van der Waals surface area contributed by atoms with Crippen molar-refractivity contribution in [2.75, 3.05) is 20.1 Å². The van der Waals surface area contributed by atoms with Gasteiger partial charge in [-0.2, -0.15) is 4.31 Å². The van der Waals surface area contributed by atoms with Gasteiger partial charge in [-0.05, 0) is 51.4 Å². The summed E-state index contributed by atoms with van der Waals surface area (Å²) >= 11 is 0. The Morgan fingerprint density at radius 2 is 2.17 bits per heavy atom. The van der Waals surface area contributed by atoms with Gasteiger partial charge in [0, 0.05) is 31.2 Å². The summed E-state index contributed by atoms with van der Waals surface area (Å²) in [5.74, 6) is -0.247. The van der Waals surface area contributed by atoms with E-state index in [2.05, 4.69) is 10.6 Å². The maximum atomic E-state index is 12.5. The summed E-state index contributed by atoms with van der Waals surface area (Å²) < 4.78 is 26.3. The van der Waals surface area contributed by atoms with Crippen LogP contribution in [0.15, 0.2) is 29.2 Å². The summed E-state index contributed by atoms with van der Waals surface area (Å²) in [6, 6.07) is 6.34. The van der Waals surface area contributed by atoms with E-state index in [0.717, 1.165) is 19.4 Å². The third kappa shape index (κ3) is 4.31. The fourth-order valence-electron chi connectivity index (χ4n) is 2.49. The average molecular weight is 339 g/mol. The van der Waals surface area contributed by atoms with Crippen LogP contribution in [0.25, 0.3) is 0 Å². The molecule has 6 nitrogen and oxygen atoms in total. The van der Waals surface area contributed by atoms with Crippen LogP contribution in [0.4, 0.5) is 0 Å². The first kappa shape index (κ1) is 17.9. The van der Waals surface area contributed by atoms with Crippen molar-refractivity contribution in [3.8, 4) is 0 Å². The molecule has 0 bridgehead atoms. The Morgan fingerprint density at radius 1 is 1.43 bits per heavy atom. The van der Waals surface area contributed by atoms with E-state index in [9.17, 15) is 13.2 Å². The molecule has 1 aromatic carbocycles. The lowest BCUT2D eigenvalue weighted by Gasteiger charge is -2.21. The minimum absolute atomic E-state index is 0.139. The first-order valence-electron chi connectivity index (χ1n) is 7.92. The van der Waals surface area contributed by atoms with Crippen molar-refractivity contribution < 1.29 is 13.2 Å². The first-order valence-corrected chi connectivity index (χ1v) is 9.36. The lowest BCUT2D eigenvalue weighted by Crippen LogP contribution is -2.37. The van der Waals surface area contributed by atoms with Gasteiger partial charge in [-0.15, -0.1) is 0 Å². The zero-order valence-electron chi connectivity index (χ0n) is 13.9. The molecule has 1 amide bonds. The molecule has 1 aromatic rings. The molecule has 1 saturated heterocycles. The number of hydrogen-bond acceptors (Lipinski definition) is 4. The molecule has 1 atom stereocenters. The van der Waals surface area contributed by atoms with Crippen LogP contribution >= 0.6 is 0 Å². The Kier molecular flexibility index (Phi) is 5.78. The molecule has 2 N–H and O–H groups in total. The minimum Gasteiger partial charge on any atom is -0.350 e. The summed E-state index contributed by atoms with van der Waals surface area (Å²) in [5.41, 5.74) is 0.362. The van der Waals surface area contributed by atoms with Crippen molar-refractivity contribution in [1.29, 1.82) is 0 Å². The number of benzene rings is 1. The second-order valence-corrected chi connectivity index (χ2v) is 8.14. The molecular weight excluding hydrogens is 314 g/mol. The molecule has 1 aliphatic rings. The average Bonchev–Trinajstić information content (AvgIpc) is 3.05. The fraction of sp³-hybridized carbons (Fsp3) is 0.562. The molecule has 23 heavy (non-hydrogen) atoms. The Bertz CT molecular complexity index is 652. The van der Waals surface area contributed by atoms with E-state index >= 15 is 0 Å². The largest absolute Gasteiger partial charge is 0.350 e. The van der Waals surface area contributed by atoms with Gasteiger partial charge >= 0.3 is 0 Å². The number of sulfonamides is 1. The highest BCUT2D eigenvalue weighted by atomic mass is 32.2. The van der Waals surface area contributed by atoms with Crippen LogP contribution in [0.3, 0.4) is 0 Å². The lowest BCUT2D eigenvalue weighted by molar-refractivity contribution is 0.0950. The highest BCUT2D eigenvalue weighted by Crippen LogP contribution is 2.18. The third-order valence-electron chi connectivity index (χ3n) is 4.17. The van der Waals surface area contributed by atoms with E-state index < -0.39 is 10.0 Å². The van der Waals surface area contributed by atoms with E-state index in [1.54, 1.807) is 19.2 Å². The van der Waals surface area contributed by atoms with Gasteiger partial charge in [0.25, 0.3) is 5.91 Å². The summed E-state index contributed by atoms with van der Waals surface area (Å²) in [6.45, 7) is 5.16. The molecule has 0 radical (unpaired) electrons. The Balaban J connectivity index is 2.11. The molecule has 1 aliphatic heterocycles. The smallest absolute Gasteiger partial charge is 0.251 e. The molecule has 1 unspecified atom stereocenters. The normalized spacial score (nSPS) is 18.6. The zero-order valence-corrected chi connectivity index (χ0v) is 14.7. The molecular formula is C16H25N3O3S. The van der Waals surface area contributed by atoms with Gasteiger partial charge < -0.3 is 10.6 Å². The topological polar surface area (TPSA) is 78.5 Å². The van der Waals surface area contributed by atoms with Crippen molar-refractivity contribution in [3.05, 3.63) is 29.8 Å². The van der Waals surface area contributed by atoms with Crippen molar-refractivity contribution in [3.63, 3.8) is 0 Å². The summed E-state index contributed by atoms with van der Waals surface area (Å²) in [7, 11) is -2.04. The summed E-state index contributed by atoms with van der Waals surface area (Å²) in [5, 5.41) is 6.17. The van der Waals surface area contributed by atoms with Crippen LogP contribution in [-0.4, -0.2) is 50.9 Å². The van der Waals surface area contributed by atoms with Crippen LogP contribution in [0.1, 0.15) is 37.0 Å². The molecule has 128 valence electrons. The zero-order chi connectivity index (χ0) is 17.0. The third-order valence-corrected chi connectivity index (χ3v) is 6.20. The predicted octanol–water partition coefficient (Wildman–Crippen LogP) is 1.20. The summed E-state index contributed by atoms with van der Waals surface area (Å²) in [4.78, 5) is 12.4. The van der Waals surface area contributed by atoms with E-state index in [1.165, 1.54) is 16.4 Å². The first-order chi connectivity index (χ1) is 10.8. The fourth-order valence-corrected chi connectivity index (χ4v) is 3.90. The maximum Gasteiger partial charge on any atom is 0.251 e. The van der Waals surface area contributed by atoms with E-state index in [4.69, 9.17) is 0 Å². The maximum absolute atomic E-state index is 12.5. The van der Waals surface area contributed by atoms with Crippen molar-refractivity contribution in [1.82, 2.24) is 14.9 Å². The van der Waals surface area contributed by atoms with Gasteiger partial charge in [-0.3, -0.25) is 4.79 Å². The van der Waals surface area contributed by atoms with E-state index in [0.29, 0.717) is 18.2 Å². The molecule has 0 aromatic heterocycles. The molecule has 0 aliphatic carbocycles. The Labute approximate surface area is 138 Å². The van der Waals surface area contributed by atoms with Gasteiger partial charge in [0.05, 0.1) is 4.90 Å². The van der Waals surface area contributed by atoms with Crippen molar-refractivity contribution in [2.45, 2.75) is 43.7 Å². The standard InChI is InChI=1S/C16H25N3O3S/c1-12(2)19(3)23(21,22)15-8-4-6-13(10-15)16(20)18-11-14-7-5-9-17-14/h4,6,8,10,12,14,17H,5,7,9,11H2,1-3H3,(H,18,20). The van der Waals surface area contributed by atoms with Gasteiger partial charge in [0.2, 0.25) is 10.0 Å². The second-order valence-electron chi connectivity index (χ2n) is 6.15. The predicted molar refractivity (Wildman–Crippen MR) is 89.9 cm³/mol.